The van der Waals surface area contributed by atoms with Gasteiger partial charge in [-0.05, 0) is 43.3 Å². The average molecular weight is 331 g/mol. The highest BCUT2D eigenvalue weighted by atomic mass is 32.2. The van der Waals surface area contributed by atoms with Crippen LogP contribution in [0.4, 0.5) is 10.1 Å². The Hall–Kier alpha value is -2.67. The van der Waals surface area contributed by atoms with Gasteiger partial charge in [0.05, 0.1) is 16.9 Å². The molecule has 2 N–H and O–H groups in total. The number of halogens is 1. The van der Waals surface area contributed by atoms with Crippen molar-refractivity contribution in [3.63, 3.8) is 0 Å². The molecule has 1 aromatic heterocycles. The Morgan fingerprint density at radius 1 is 1.13 bits per heavy atom. The Morgan fingerprint density at radius 2 is 1.87 bits per heavy atom. The molecule has 23 heavy (non-hydrogen) atoms. The van der Waals surface area contributed by atoms with Crippen LogP contribution in [0.5, 0.6) is 0 Å². The van der Waals surface area contributed by atoms with E-state index in [0.717, 1.165) is 29.1 Å². The molecule has 7 heteroatoms. The summed E-state index contributed by atoms with van der Waals surface area (Å²) < 4.78 is 40.1. The fraction of sp³-hybridized carbons (Fsp3) is 0.0625. The van der Waals surface area contributed by atoms with Crippen LogP contribution >= 0.6 is 0 Å². The number of aromatic nitrogens is 2. The van der Waals surface area contributed by atoms with E-state index in [2.05, 4.69) is 14.7 Å². The highest BCUT2D eigenvalue weighted by Crippen LogP contribution is 2.24. The largest absolute Gasteiger partial charge is 0.348 e. The predicted molar refractivity (Wildman–Crippen MR) is 86.0 cm³/mol. The van der Waals surface area contributed by atoms with E-state index in [4.69, 9.17) is 0 Å². The molecule has 0 aliphatic heterocycles. The summed E-state index contributed by atoms with van der Waals surface area (Å²) >= 11 is 0. The molecule has 2 aromatic carbocycles. The number of hydrogen-bond donors (Lipinski definition) is 2. The van der Waals surface area contributed by atoms with Gasteiger partial charge in [0, 0.05) is 16.9 Å². The number of imidazole rings is 1. The number of H-pyrrole nitrogens is 1. The third-order valence-corrected chi connectivity index (χ3v) is 4.74. The normalized spacial score (nSPS) is 11.4. The fourth-order valence-electron chi connectivity index (χ4n) is 2.21. The molecule has 0 aliphatic carbocycles. The Balaban J connectivity index is 1.91. The second-order valence-electron chi connectivity index (χ2n) is 5.02. The SMILES string of the molecule is Cc1[nH]cnc1-c1cccc(NS(=O)(=O)c2ccc(F)cc2)c1. The average Bonchev–Trinajstić information content (AvgIpc) is 2.94. The van der Waals surface area contributed by atoms with Gasteiger partial charge in [-0.3, -0.25) is 4.72 Å². The first-order chi connectivity index (χ1) is 11.0. The van der Waals surface area contributed by atoms with Crippen molar-refractivity contribution in [2.45, 2.75) is 11.8 Å². The molecule has 3 aromatic rings. The molecule has 1 heterocycles. The zero-order chi connectivity index (χ0) is 16.4. The lowest BCUT2D eigenvalue weighted by molar-refractivity contribution is 0.599. The summed E-state index contributed by atoms with van der Waals surface area (Å²) in [7, 11) is -3.77. The van der Waals surface area contributed by atoms with Gasteiger partial charge in [-0.1, -0.05) is 12.1 Å². The highest BCUT2D eigenvalue weighted by molar-refractivity contribution is 7.92. The molecular formula is C16H14FN3O2S. The lowest BCUT2D eigenvalue weighted by atomic mass is 10.1. The van der Waals surface area contributed by atoms with Crippen molar-refractivity contribution in [2.75, 3.05) is 4.72 Å². The Labute approximate surface area is 133 Å². The van der Waals surface area contributed by atoms with Crippen LogP contribution in [0.2, 0.25) is 0 Å². The van der Waals surface area contributed by atoms with Crippen molar-refractivity contribution in [3.05, 3.63) is 66.4 Å². The Kier molecular flexibility index (Phi) is 3.87. The molecule has 0 aliphatic rings. The number of nitrogens with zero attached hydrogens (tertiary/aromatic N) is 1. The lowest BCUT2D eigenvalue weighted by Crippen LogP contribution is -2.12. The second-order valence-corrected chi connectivity index (χ2v) is 6.70. The van der Waals surface area contributed by atoms with Gasteiger partial charge in [0.15, 0.2) is 0 Å². The maximum absolute atomic E-state index is 12.9. The molecule has 5 nitrogen and oxygen atoms in total. The maximum atomic E-state index is 12.9. The van der Waals surface area contributed by atoms with Crippen LogP contribution in [0, 0.1) is 12.7 Å². The van der Waals surface area contributed by atoms with E-state index in [1.54, 1.807) is 24.5 Å². The first-order valence-corrected chi connectivity index (χ1v) is 8.33. The minimum absolute atomic E-state index is 0.000234. The van der Waals surface area contributed by atoms with E-state index in [0.29, 0.717) is 5.69 Å². The van der Waals surface area contributed by atoms with Crippen molar-refractivity contribution in [1.29, 1.82) is 0 Å². The quantitative estimate of drug-likeness (QED) is 0.770. The summed E-state index contributed by atoms with van der Waals surface area (Å²) in [5.41, 5.74) is 2.86. The summed E-state index contributed by atoms with van der Waals surface area (Å²) in [5, 5.41) is 0. The van der Waals surface area contributed by atoms with Gasteiger partial charge in [0.1, 0.15) is 5.82 Å². The number of benzene rings is 2. The fourth-order valence-corrected chi connectivity index (χ4v) is 3.26. The van der Waals surface area contributed by atoms with Gasteiger partial charge < -0.3 is 4.98 Å². The summed E-state index contributed by atoms with van der Waals surface area (Å²) in [6.07, 6.45) is 1.58. The van der Waals surface area contributed by atoms with Crippen LogP contribution in [0.3, 0.4) is 0 Å². The number of nitrogens with one attached hydrogen (secondary N) is 2. The van der Waals surface area contributed by atoms with Gasteiger partial charge in [-0.25, -0.2) is 17.8 Å². The van der Waals surface area contributed by atoms with Crippen LogP contribution in [0.25, 0.3) is 11.3 Å². The van der Waals surface area contributed by atoms with Crippen LogP contribution in [-0.2, 0) is 10.0 Å². The molecule has 0 bridgehead atoms. The number of hydrogen-bond acceptors (Lipinski definition) is 3. The highest BCUT2D eigenvalue weighted by Gasteiger charge is 2.15. The minimum atomic E-state index is -3.77. The summed E-state index contributed by atoms with van der Waals surface area (Å²) in [5.74, 6) is -0.486. The molecule has 0 radical (unpaired) electrons. The lowest BCUT2D eigenvalue weighted by Gasteiger charge is -2.09. The van der Waals surface area contributed by atoms with E-state index in [-0.39, 0.29) is 4.90 Å². The molecule has 0 saturated carbocycles. The molecule has 0 saturated heterocycles. The molecule has 0 unspecified atom stereocenters. The van der Waals surface area contributed by atoms with E-state index in [1.165, 1.54) is 12.1 Å². The first kappa shape index (κ1) is 15.2. The number of aromatic amines is 1. The topological polar surface area (TPSA) is 74.8 Å². The first-order valence-electron chi connectivity index (χ1n) is 6.84. The number of sulfonamides is 1. The second kappa shape index (κ2) is 5.85. The zero-order valence-corrected chi connectivity index (χ0v) is 13.1. The van der Waals surface area contributed by atoms with E-state index in [9.17, 15) is 12.8 Å². The minimum Gasteiger partial charge on any atom is -0.348 e. The van der Waals surface area contributed by atoms with Crippen molar-refractivity contribution >= 4 is 15.7 Å². The van der Waals surface area contributed by atoms with Crippen molar-refractivity contribution in [2.24, 2.45) is 0 Å². The third kappa shape index (κ3) is 3.24. The zero-order valence-electron chi connectivity index (χ0n) is 12.2. The van der Waals surface area contributed by atoms with Gasteiger partial charge in [0.2, 0.25) is 0 Å². The summed E-state index contributed by atoms with van der Waals surface area (Å²) in [6.45, 7) is 1.89. The van der Waals surface area contributed by atoms with Crippen molar-refractivity contribution in [3.8, 4) is 11.3 Å². The van der Waals surface area contributed by atoms with Crippen LogP contribution in [0.1, 0.15) is 5.69 Å². The van der Waals surface area contributed by atoms with E-state index >= 15 is 0 Å². The summed E-state index contributed by atoms with van der Waals surface area (Å²) in [6, 6.07) is 11.6. The number of rotatable bonds is 4. The van der Waals surface area contributed by atoms with Gasteiger partial charge >= 0.3 is 0 Å². The monoisotopic (exact) mass is 331 g/mol. The number of aryl methyl sites for hydroxylation is 1. The Morgan fingerprint density at radius 3 is 2.52 bits per heavy atom. The molecule has 118 valence electrons. The standard InChI is InChI=1S/C16H14FN3O2S/c1-11-16(19-10-18-11)12-3-2-4-14(9-12)20-23(21,22)15-7-5-13(17)6-8-15/h2-10,20H,1H3,(H,18,19). The van der Waals surface area contributed by atoms with Crippen LogP contribution < -0.4 is 4.72 Å². The van der Waals surface area contributed by atoms with Gasteiger partial charge in [-0.2, -0.15) is 0 Å². The predicted octanol–water partition coefficient (Wildman–Crippen LogP) is 3.33. The van der Waals surface area contributed by atoms with Crippen LogP contribution in [0.15, 0.2) is 59.8 Å². The van der Waals surface area contributed by atoms with Crippen LogP contribution in [-0.4, -0.2) is 18.4 Å². The maximum Gasteiger partial charge on any atom is 0.261 e. The molecule has 0 spiro atoms. The smallest absolute Gasteiger partial charge is 0.261 e. The molecule has 0 atom stereocenters. The molecule has 3 rings (SSSR count). The van der Waals surface area contributed by atoms with E-state index < -0.39 is 15.8 Å². The number of anilines is 1. The van der Waals surface area contributed by atoms with Crippen molar-refractivity contribution < 1.29 is 12.8 Å². The summed E-state index contributed by atoms with van der Waals surface area (Å²) in [4.78, 5) is 7.20. The molecule has 0 fully saturated rings. The molecular weight excluding hydrogens is 317 g/mol. The Bertz CT molecular complexity index is 934. The van der Waals surface area contributed by atoms with Gasteiger partial charge in [0.25, 0.3) is 10.0 Å². The third-order valence-electron chi connectivity index (χ3n) is 3.34. The van der Waals surface area contributed by atoms with E-state index in [1.807, 2.05) is 13.0 Å². The van der Waals surface area contributed by atoms with Crippen molar-refractivity contribution in [1.82, 2.24) is 9.97 Å². The molecule has 0 amide bonds. The van der Waals surface area contributed by atoms with Gasteiger partial charge in [-0.15, -0.1) is 0 Å².